The predicted molar refractivity (Wildman–Crippen MR) is 98.4 cm³/mol. The monoisotopic (exact) mass is 351 g/mol. The zero-order chi connectivity index (χ0) is 17.5. The molecule has 1 amide bonds. The van der Waals surface area contributed by atoms with E-state index in [1.54, 1.807) is 22.5 Å². The number of tetrazole rings is 1. The second-order valence-corrected chi connectivity index (χ2v) is 6.18. The number of para-hydroxylation sites is 1. The lowest BCUT2D eigenvalue weighted by Gasteiger charge is -2.06. The highest BCUT2D eigenvalue weighted by molar-refractivity contribution is 7.98. The minimum Gasteiger partial charge on any atom is -0.322 e. The normalized spacial score (nSPS) is 10.4. The van der Waals surface area contributed by atoms with Gasteiger partial charge in [0.1, 0.15) is 0 Å². The zero-order valence-corrected chi connectivity index (χ0v) is 14.3. The third kappa shape index (κ3) is 4.54. The van der Waals surface area contributed by atoms with E-state index in [2.05, 4.69) is 27.4 Å². The Balaban J connectivity index is 1.59. The third-order valence-corrected chi connectivity index (χ3v) is 4.45. The van der Waals surface area contributed by atoms with Gasteiger partial charge in [-0.15, -0.1) is 11.7 Å². The largest absolute Gasteiger partial charge is 0.322 e. The molecule has 6 nitrogen and oxygen atoms in total. The van der Waals surface area contributed by atoms with Gasteiger partial charge in [0.15, 0.2) is 0 Å². The van der Waals surface area contributed by atoms with Crippen LogP contribution in [0.4, 0.5) is 5.69 Å². The van der Waals surface area contributed by atoms with E-state index in [4.69, 9.17) is 0 Å². The van der Waals surface area contributed by atoms with Gasteiger partial charge in [-0.3, -0.25) is 4.79 Å². The Bertz CT molecular complexity index is 845. The van der Waals surface area contributed by atoms with Crippen molar-refractivity contribution >= 4 is 23.4 Å². The van der Waals surface area contributed by atoms with E-state index >= 15 is 0 Å². The van der Waals surface area contributed by atoms with Gasteiger partial charge in [-0.2, -0.15) is 0 Å². The Kier molecular flexibility index (Phi) is 5.58. The lowest BCUT2D eigenvalue weighted by molar-refractivity contribution is 0.102. The Hall–Kier alpha value is -2.93. The van der Waals surface area contributed by atoms with Gasteiger partial charge in [-0.25, -0.2) is 4.68 Å². The van der Waals surface area contributed by atoms with Crippen molar-refractivity contribution in [1.29, 1.82) is 0 Å². The van der Waals surface area contributed by atoms with Gasteiger partial charge in [0.05, 0.1) is 6.54 Å². The number of amides is 1. The molecule has 0 bridgehead atoms. The van der Waals surface area contributed by atoms with E-state index in [1.165, 1.54) is 0 Å². The van der Waals surface area contributed by atoms with E-state index in [1.807, 2.05) is 54.6 Å². The standard InChI is InChI=1S/C18H17N5OS/c1-2-12-23-18(20-21-22-23)25-13-14-8-10-15(11-9-14)17(24)19-16-6-4-3-5-7-16/h2-11H,1,12-13H2,(H,19,24). The number of nitrogens with zero attached hydrogens (tertiary/aromatic N) is 4. The van der Waals surface area contributed by atoms with Crippen LogP contribution in [0.15, 0.2) is 72.4 Å². The van der Waals surface area contributed by atoms with Crippen molar-refractivity contribution < 1.29 is 4.79 Å². The fourth-order valence-electron chi connectivity index (χ4n) is 2.16. The number of hydrogen-bond acceptors (Lipinski definition) is 5. The molecule has 0 saturated carbocycles. The topological polar surface area (TPSA) is 72.7 Å². The highest BCUT2D eigenvalue weighted by Gasteiger charge is 2.08. The number of anilines is 1. The molecule has 3 rings (SSSR count). The van der Waals surface area contributed by atoms with Gasteiger partial charge in [-0.1, -0.05) is 48.2 Å². The van der Waals surface area contributed by atoms with Crippen molar-refractivity contribution in [1.82, 2.24) is 20.2 Å². The quantitative estimate of drug-likeness (QED) is 0.522. The Morgan fingerprint density at radius 3 is 2.64 bits per heavy atom. The van der Waals surface area contributed by atoms with Crippen LogP contribution in [0, 0.1) is 0 Å². The predicted octanol–water partition coefficient (Wildman–Crippen LogP) is 3.40. The number of carbonyl (C=O) groups is 1. The van der Waals surface area contributed by atoms with Crippen LogP contribution in [0.3, 0.4) is 0 Å². The fourth-order valence-corrected chi connectivity index (χ4v) is 3.00. The molecular formula is C18H17N5OS. The summed E-state index contributed by atoms with van der Waals surface area (Å²) in [6.07, 6.45) is 1.75. The van der Waals surface area contributed by atoms with Gasteiger partial charge in [0, 0.05) is 17.0 Å². The molecule has 0 spiro atoms. The van der Waals surface area contributed by atoms with Crippen LogP contribution < -0.4 is 5.32 Å². The van der Waals surface area contributed by atoms with Gasteiger partial charge in [0.25, 0.3) is 5.91 Å². The summed E-state index contributed by atoms with van der Waals surface area (Å²) in [4.78, 5) is 12.2. The van der Waals surface area contributed by atoms with E-state index in [9.17, 15) is 4.79 Å². The molecular weight excluding hydrogens is 334 g/mol. The first-order chi connectivity index (χ1) is 12.3. The minimum atomic E-state index is -0.125. The van der Waals surface area contributed by atoms with Crippen LogP contribution >= 0.6 is 11.8 Å². The van der Waals surface area contributed by atoms with Gasteiger partial charge >= 0.3 is 0 Å². The van der Waals surface area contributed by atoms with Crippen molar-refractivity contribution in [3.05, 3.63) is 78.4 Å². The lowest BCUT2D eigenvalue weighted by atomic mass is 10.1. The van der Waals surface area contributed by atoms with Crippen LogP contribution in [0.2, 0.25) is 0 Å². The summed E-state index contributed by atoms with van der Waals surface area (Å²) < 4.78 is 1.69. The molecule has 25 heavy (non-hydrogen) atoms. The second kappa shape index (κ2) is 8.25. The summed E-state index contributed by atoms with van der Waals surface area (Å²) in [5.41, 5.74) is 2.49. The molecule has 7 heteroatoms. The SMILES string of the molecule is C=CCn1nnnc1SCc1ccc(C(=O)Nc2ccccc2)cc1. The maximum Gasteiger partial charge on any atom is 0.255 e. The molecule has 0 radical (unpaired) electrons. The summed E-state index contributed by atoms with van der Waals surface area (Å²) in [6, 6.07) is 16.9. The smallest absolute Gasteiger partial charge is 0.255 e. The Morgan fingerprint density at radius 2 is 1.92 bits per heavy atom. The van der Waals surface area contributed by atoms with Crippen molar-refractivity contribution in [3.8, 4) is 0 Å². The zero-order valence-electron chi connectivity index (χ0n) is 13.5. The number of thioether (sulfide) groups is 1. The number of carbonyl (C=O) groups excluding carboxylic acids is 1. The van der Waals surface area contributed by atoms with Crippen LogP contribution in [-0.2, 0) is 12.3 Å². The first-order valence-corrected chi connectivity index (χ1v) is 8.70. The summed E-state index contributed by atoms with van der Waals surface area (Å²) in [5, 5.41) is 15.2. The highest BCUT2D eigenvalue weighted by atomic mass is 32.2. The van der Waals surface area contributed by atoms with Crippen LogP contribution in [-0.4, -0.2) is 26.1 Å². The number of nitrogens with one attached hydrogen (secondary N) is 1. The molecule has 126 valence electrons. The summed E-state index contributed by atoms with van der Waals surface area (Å²) >= 11 is 1.54. The average molecular weight is 351 g/mol. The molecule has 0 saturated heterocycles. The average Bonchev–Trinajstić information content (AvgIpc) is 3.09. The highest BCUT2D eigenvalue weighted by Crippen LogP contribution is 2.20. The molecule has 0 aliphatic rings. The molecule has 1 N–H and O–H groups in total. The van der Waals surface area contributed by atoms with Gasteiger partial charge in [-0.05, 0) is 40.3 Å². The lowest BCUT2D eigenvalue weighted by Crippen LogP contribution is -2.11. The molecule has 3 aromatic rings. The van der Waals surface area contributed by atoms with Crippen molar-refractivity contribution in [2.45, 2.75) is 17.5 Å². The number of benzene rings is 2. The van der Waals surface area contributed by atoms with E-state index < -0.39 is 0 Å². The number of allylic oxidation sites excluding steroid dienone is 1. The Labute approximate surface area is 149 Å². The second-order valence-electron chi connectivity index (χ2n) is 5.24. The molecule has 0 aliphatic heterocycles. The van der Waals surface area contributed by atoms with Crippen LogP contribution in [0.25, 0.3) is 0 Å². The van der Waals surface area contributed by atoms with E-state index in [0.29, 0.717) is 12.1 Å². The van der Waals surface area contributed by atoms with E-state index in [-0.39, 0.29) is 5.91 Å². The third-order valence-electron chi connectivity index (χ3n) is 3.42. The van der Waals surface area contributed by atoms with Crippen molar-refractivity contribution in [3.63, 3.8) is 0 Å². The van der Waals surface area contributed by atoms with Crippen molar-refractivity contribution in [2.24, 2.45) is 0 Å². The number of rotatable bonds is 7. The number of aromatic nitrogens is 4. The summed E-state index contributed by atoms with van der Waals surface area (Å²) in [6.45, 7) is 4.26. The maximum atomic E-state index is 12.2. The molecule has 1 aromatic heterocycles. The molecule has 1 heterocycles. The Morgan fingerprint density at radius 1 is 1.16 bits per heavy atom. The first-order valence-electron chi connectivity index (χ1n) is 7.71. The molecule has 0 fully saturated rings. The minimum absolute atomic E-state index is 0.125. The number of hydrogen-bond donors (Lipinski definition) is 1. The van der Waals surface area contributed by atoms with Crippen molar-refractivity contribution in [2.75, 3.05) is 5.32 Å². The van der Waals surface area contributed by atoms with Gasteiger partial charge in [0.2, 0.25) is 5.16 Å². The molecule has 0 atom stereocenters. The molecule has 0 unspecified atom stereocenters. The van der Waals surface area contributed by atoms with Crippen LogP contribution in [0.1, 0.15) is 15.9 Å². The summed E-state index contributed by atoms with van der Waals surface area (Å²) in [7, 11) is 0. The molecule has 2 aromatic carbocycles. The fraction of sp³-hybridized carbons (Fsp3) is 0.111. The van der Waals surface area contributed by atoms with Crippen LogP contribution in [0.5, 0.6) is 0 Å². The first kappa shape index (κ1) is 16.9. The van der Waals surface area contributed by atoms with E-state index in [0.717, 1.165) is 22.2 Å². The maximum absolute atomic E-state index is 12.2. The van der Waals surface area contributed by atoms with Gasteiger partial charge < -0.3 is 5.32 Å². The molecule has 0 aliphatic carbocycles. The summed E-state index contributed by atoms with van der Waals surface area (Å²) in [5.74, 6) is 0.596.